The second kappa shape index (κ2) is 6.15. The van der Waals surface area contributed by atoms with Gasteiger partial charge in [0.05, 0.1) is 12.1 Å². The minimum absolute atomic E-state index is 0.367. The molecule has 1 aromatic rings. The van der Waals surface area contributed by atoms with Gasteiger partial charge in [-0.1, -0.05) is 37.5 Å². The summed E-state index contributed by atoms with van der Waals surface area (Å²) in [4.78, 5) is 2.57. The van der Waals surface area contributed by atoms with Crippen LogP contribution in [0.1, 0.15) is 43.7 Å². The summed E-state index contributed by atoms with van der Waals surface area (Å²) >= 11 is 0. The number of ether oxygens (including phenoxy) is 1. The molecule has 2 atom stereocenters. The fourth-order valence-electron chi connectivity index (χ4n) is 3.81. The van der Waals surface area contributed by atoms with Crippen molar-refractivity contribution < 1.29 is 4.74 Å². The highest BCUT2D eigenvalue weighted by Crippen LogP contribution is 2.35. The van der Waals surface area contributed by atoms with E-state index in [0.717, 1.165) is 18.4 Å². The molecule has 3 nitrogen and oxygen atoms in total. The van der Waals surface area contributed by atoms with E-state index in [1.54, 1.807) is 0 Å². The minimum Gasteiger partial charge on any atom is -0.492 e. The number of likely N-dealkylation sites (N-methyl/N-ethyl adjacent to an activating group) is 2. The van der Waals surface area contributed by atoms with Crippen molar-refractivity contribution in [2.24, 2.45) is 0 Å². The van der Waals surface area contributed by atoms with Crippen molar-refractivity contribution >= 4 is 0 Å². The number of hydrogen-bond acceptors (Lipinski definition) is 3. The first kappa shape index (κ1) is 13.9. The van der Waals surface area contributed by atoms with Crippen molar-refractivity contribution in [2.75, 3.05) is 20.7 Å². The van der Waals surface area contributed by atoms with Crippen LogP contribution in [0.3, 0.4) is 0 Å². The minimum atomic E-state index is 0.367. The molecule has 2 unspecified atom stereocenters. The van der Waals surface area contributed by atoms with Crippen LogP contribution in [0.15, 0.2) is 24.3 Å². The van der Waals surface area contributed by atoms with Gasteiger partial charge in [-0.3, -0.25) is 4.90 Å². The predicted octanol–water partition coefficient (Wildman–Crippen LogP) is 2.97. The predicted molar refractivity (Wildman–Crippen MR) is 82.2 cm³/mol. The number of nitrogens with zero attached hydrogens (tertiary/aromatic N) is 1. The maximum absolute atomic E-state index is 6.00. The molecule has 0 saturated heterocycles. The number of rotatable bonds is 3. The fraction of sp³-hybridized carbons (Fsp3) is 0.647. The second-order valence-electron chi connectivity index (χ2n) is 6.14. The Kier molecular flexibility index (Phi) is 4.27. The molecule has 0 aromatic heterocycles. The van der Waals surface area contributed by atoms with Crippen LogP contribution in [0.4, 0.5) is 0 Å². The molecule has 1 saturated carbocycles. The molecule has 3 rings (SSSR count). The average Bonchev–Trinajstić information content (AvgIpc) is 2.54. The Morgan fingerprint density at radius 1 is 1.15 bits per heavy atom. The molecule has 0 amide bonds. The largest absolute Gasteiger partial charge is 0.492 e. The van der Waals surface area contributed by atoms with Crippen LogP contribution in [-0.2, 0) is 0 Å². The highest BCUT2D eigenvalue weighted by molar-refractivity contribution is 5.38. The third-order valence-electron chi connectivity index (χ3n) is 5.03. The van der Waals surface area contributed by atoms with Gasteiger partial charge >= 0.3 is 0 Å². The van der Waals surface area contributed by atoms with Gasteiger partial charge in [-0.2, -0.15) is 0 Å². The molecule has 1 N–H and O–H groups in total. The van der Waals surface area contributed by atoms with Crippen LogP contribution < -0.4 is 10.1 Å². The lowest BCUT2D eigenvalue weighted by Gasteiger charge is -2.43. The zero-order valence-electron chi connectivity index (χ0n) is 12.6. The van der Waals surface area contributed by atoms with Crippen LogP contribution in [0.5, 0.6) is 5.75 Å². The zero-order chi connectivity index (χ0) is 13.9. The van der Waals surface area contributed by atoms with E-state index >= 15 is 0 Å². The third-order valence-corrected chi connectivity index (χ3v) is 5.03. The second-order valence-corrected chi connectivity index (χ2v) is 6.14. The number of fused-ring (bicyclic) bond motifs is 1. The van der Waals surface area contributed by atoms with E-state index in [4.69, 9.17) is 4.74 Å². The molecule has 0 radical (unpaired) electrons. The van der Waals surface area contributed by atoms with Crippen LogP contribution in [0, 0.1) is 0 Å². The number of para-hydroxylation sites is 1. The lowest BCUT2D eigenvalue weighted by atomic mass is 9.90. The molecule has 1 fully saturated rings. The molecule has 0 bridgehead atoms. The van der Waals surface area contributed by atoms with Crippen molar-refractivity contribution in [2.45, 2.75) is 50.2 Å². The Hall–Kier alpha value is -1.06. The van der Waals surface area contributed by atoms with E-state index in [9.17, 15) is 0 Å². The number of benzene rings is 1. The summed E-state index contributed by atoms with van der Waals surface area (Å²) in [7, 11) is 4.34. The molecule has 20 heavy (non-hydrogen) atoms. The van der Waals surface area contributed by atoms with Crippen molar-refractivity contribution in [3.63, 3.8) is 0 Å². The van der Waals surface area contributed by atoms with Gasteiger partial charge in [-0.15, -0.1) is 0 Å². The first-order chi connectivity index (χ1) is 9.81. The van der Waals surface area contributed by atoms with E-state index in [1.165, 1.54) is 37.7 Å². The first-order valence-electron chi connectivity index (χ1n) is 7.92. The lowest BCUT2D eigenvalue weighted by Crippen LogP contribution is -2.52. The SMILES string of the molecule is CNC1c2ccccc2OCC1N(C)C1CCCCC1. The quantitative estimate of drug-likeness (QED) is 0.917. The van der Waals surface area contributed by atoms with Gasteiger partial charge in [0.1, 0.15) is 12.4 Å². The normalized spacial score (nSPS) is 27.1. The van der Waals surface area contributed by atoms with E-state index < -0.39 is 0 Å². The van der Waals surface area contributed by atoms with Crippen LogP contribution in [0.2, 0.25) is 0 Å². The van der Waals surface area contributed by atoms with E-state index in [-0.39, 0.29) is 0 Å². The maximum Gasteiger partial charge on any atom is 0.124 e. The van der Waals surface area contributed by atoms with E-state index in [0.29, 0.717) is 12.1 Å². The van der Waals surface area contributed by atoms with E-state index in [2.05, 4.69) is 48.6 Å². The van der Waals surface area contributed by atoms with Gasteiger partial charge < -0.3 is 10.1 Å². The Morgan fingerprint density at radius 2 is 1.90 bits per heavy atom. The molecular formula is C17H26N2O. The van der Waals surface area contributed by atoms with Gasteiger partial charge in [-0.05, 0) is 33.0 Å². The molecule has 1 aliphatic carbocycles. The Balaban J connectivity index is 1.79. The molecule has 2 aliphatic rings. The van der Waals surface area contributed by atoms with Gasteiger partial charge in [0, 0.05) is 11.6 Å². The monoisotopic (exact) mass is 274 g/mol. The highest BCUT2D eigenvalue weighted by atomic mass is 16.5. The first-order valence-corrected chi connectivity index (χ1v) is 7.92. The topological polar surface area (TPSA) is 24.5 Å². The molecule has 1 aromatic carbocycles. The Morgan fingerprint density at radius 3 is 2.65 bits per heavy atom. The Labute approximate surface area is 122 Å². The fourth-order valence-corrected chi connectivity index (χ4v) is 3.81. The van der Waals surface area contributed by atoms with Crippen LogP contribution in [0.25, 0.3) is 0 Å². The molecule has 110 valence electrons. The van der Waals surface area contributed by atoms with Gasteiger partial charge in [-0.25, -0.2) is 0 Å². The van der Waals surface area contributed by atoms with Crippen molar-refractivity contribution in [3.05, 3.63) is 29.8 Å². The molecule has 0 spiro atoms. The lowest BCUT2D eigenvalue weighted by molar-refractivity contribution is 0.0614. The van der Waals surface area contributed by atoms with Crippen LogP contribution >= 0.6 is 0 Å². The standard InChI is InChI=1S/C17H26N2O/c1-18-17-14-10-6-7-11-16(14)20-12-15(17)19(2)13-8-4-3-5-9-13/h6-7,10-11,13,15,17-18H,3-5,8-9,12H2,1-2H3. The zero-order valence-corrected chi connectivity index (χ0v) is 12.6. The van der Waals surface area contributed by atoms with Gasteiger partial charge in [0.25, 0.3) is 0 Å². The van der Waals surface area contributed by atoms with E-state index in [1.807, 2.05) is 0 Å². The number of nitrogens with one attached hydrogen (secondary N) is 1. The summed E-state index contributed by atoms with van der Waals surface area (Å²) in [6.07, 6.45) is 6.84. The molecule has 1 aliphatic heterocycles. The van der Waals surface area contributed by atoms with Gasteiger partial charge in [0.2, 0.25) is 0 Å². The third kappa shape index (κ3) is 2.57. The summed E-state index contributed by atoms with van der Waals surface area (Å²) in [5, 5.41) is 3.51. The number of hydrogen-bond donors (Lipinski definition) is 1. The van der Waals surface area contributed by atoms with Crippen molar-refractivity contribution in [1.29, 1.82) is 0 Å². The molecular weight excluding hydrogens is 248 g/mol. The summed E-state index contributed by atoms with van der Waals surface area (Å²) < 4.78 is 6.00. The molecule has 3 heteroatoms. The summed E-state index contributed by atoms with van der Waals surface area (Å²) in [5.41, 5.74) is 1.30. The molecule has 1 heterocycles. The highest BCUT2D eigenvalue weighted by Gasteiger charge is 2.35. The van der Waals surface area contributed by atoms with Crippen molar-refractivity contribution in [3.8, 4) is 5.75 Å². The smallest absolute Gasteiger partial charge is 0.124 e. The Bertz CT molecular complexity index is 442. The maximum atomic E-state index is 6.00. The van der Waals surface area contributed by atoms with Gasteiger partial charge in [0.15, 0.2) is 0 Å². The van der Waals surface area contributed by atoms with Crippen molar-refractivity contribution in [1.82, 2.24) is 10.2 Å². The average molecular weight is 274 g/mol. The summed E-state index contributed by atoms with van der Waals surface area (Å²) in [6, 6.07) is 9.95. The summed E-state index contributed by atoms with van der Waals surface area (Å²) in [5.74, 6) is 1.04. The summed E-state index contributed by atoms with van der Waals surface area (Å²) in [6.45, 7) is 0.787. The van der Waals surface area contributed by atoms with Crippen LogP contribution in [-0.4, -0.2) is 37.7 Å².